The third-order valence-electron chi connectivity index (χ3n) is 2.84. The Balaban J connectivity index is 2.47. The first-order chi connectivity index (χ1) is 7.55. The number of benzene rings is 1. The Kier molecular flexibility index (Phi) is 2.46. The van der Waals surface area contributed by atoms with Crippen LogP contribution in [0, 0.1) is 0 Å². The van der Waals surface area contributed by atoms with Crippen LogP contribution < -0.4 is 11.5 Å². The normalized spacial score (nSPS) is 29.5. The first-order valence-corrected chi connectivity index (χ1v) is 4.97. The van der Waals surface area contributed by atoms with Crippen molar-refractivity contribution in [3.05, 3.63) is 59.5 Å². The van der Waals surface area contributed by atoms with Gasteiger partial charge in [-0.2, -0.15) is 0 Å². The highest BCUT2D eigenvalue weighted by molar-refractivity contribution is 5.40. The predicted octanol–water partition coefficient (Wildman–Crippen LogP) is 0.500. The molecule has 0 heterocycles. The van der Waals surface area contributed by atoms with Crippen molar-refractivity contribution in [2.75, 3.05) is 0 Å². The van der Waals surface area contributed by atoms with E-state index in [0.717, 1.165) is 0 Å². The summed E-state index contributed by atoms with van der Waals surface area (Å²) >= 11 is 0. The van der Waals surface area contributed by atoms with Crippen molar-refractivity contribution in [2.45, 2.75) is 11.6 Å². The molecule has 1 aromatic rings. The SMILES string of the molecule is NC1=C(O)C=CC(O)(c2ccccc2)C1N. The molecule has 2 rings (SSSR count). The predicted molar refractivity (Wildman–Crippen MR) is 61.3 cm³/mol. The molecule has 0 bridgehead atoms. The molecule has 0 saturated heterocycles. The maximum absolute atomic E-state index is 10.5. The van der Waals surface area contributed by atoms with Gasteiger partial charge >= 0.3 is 0 Å². The number of nitrogens with two attached hydrogens (primary N) is 2. The molecule has 1 aliphatic carbocycles. The van der Waals surface area contributed by atoms with Crippen LogP contribution in [0.2, 0.25) is 0 Å². The molecule has 0 radical (unpaired) electrons. The number of rotatable bonds is 1. The van der Waals surface area contributed by atoms with E-state index in [9.17, 15) is 10.2 Å². The summed E-state index contributed by atoms with van der Waals surface area (Å²) in [7, 11) is 0. The molecule has 2 unspecified atom stereocenters. The van der Waals surface area contributed by atoms with Crippen LogP contribution in [-0.4, -0.2) is 16.3 Å². The number of aliphatic hydroxyl groups excluding tert-OH is 1. The summed E-state index contributed by atoms with van der Waals surface area (Å²) in [4.78, 5) is 0. The molecule has 84 valence electrons. The second-order valence-electron chi connectivity index (χ2n) is 3.84. The van der Waals surface area contributed by atoms with Crippen molar-refractivity contribution in [3.8, 4) is 0 Å². The van der Waals surface area contributed by atoms with Gasteiger partial charge in [0.2, 0.25) is 0 Å². The van der Waals surface area contributed by atoms with Gasteiger partial charge in [0.15, 0.2) is 0 Å². The Hall–Kier alpha value is -1.78. The van der Waals surface area contributed by atoms with Crippen LogP contribution >= 0.6 is 0 Å². The van der Waals surface area contributed by atoms with Gasteiger partial charge < -0.3 is 21.7 Å². The first kappa shape index (κ1) is 10.7. The zero-order chi connectivity index (χ0) is 11.8. The minimum Gasteiger partial charge on any atom is -0.506 e. The van der Waals surface area contributed by atoms with Crippen LogP contribution in [0.4, 0.5) is 0 Å². The van der Waals surface area contributed by atoms with E-state index in [1.54, 1.807) is 12.1 Å². The first-order valence-electron chi connectivity index (χ1n) is 4.97. The summed E-state index contributed by atoms with van der Waals surface area (Å²) in [6.45, 7) is 0. The van der Waals surface area contributed by atoms with Crippen molar-refractivity contribution in [2.24, 2.45) is 11.5 Å². The van der Waals surface area contributed by atoms with Gasteiger partial charge in [0.25, 0.3) is 0 Å². The lowest BCUT2D eigenvalue weighted by atomic mass is 9.82. The van der Waals surface area contributed by atoms with Crippen molar-refractivity contribution >= 4 is 0 Å². The third kappa shape index (κ3) is 1.48. The Morgan fingerprint density at radius 3 is 2.44 bits per heavy atom. The fraction of sp³-hybridized carbons (Fsp3) is 0.167. The molecule has 0 saturated carbocycles. The van der Waals surface area contributed by atoms with Crippen molar-refractivity contribution in [1.29, 1.82) is 0 Å². The summed E-state index contributed by atoms with van der Waals surface area (Å²) in [6.07, 6.45) is 2.82. The van der Waals surface area contributed by atoms with Crippen LogP contribution in [0.5, 0.6) is 0 Å². The maximum atomic E-state index is 10.5. The highest BCUT2D eigenvalue weighted by Crippen LogP contribution is 2.32. The van der Waals surface area contributed by atoms with Gasteiger partial charge in [-0.25, -0.2) is 0 Å². The van der Waals surface area contributed by atoms with Crippen LogP contribution in [0.3, 0.4) is 0 Å². The smallest absolute Gasteiger partial charge is 0.135 e. The minimum atomic E-state index is -1.36. The Morgan fingerprint density at radius 2 is 1.81 bits per heavy atom. The lowest BCUT2D eigenvalue weighted by molar-refractivity contribution is 0.0669. The van der Waals surface area contributed by atoms with Crippen molar-refractivity contribution in [1.82, 2.24) is 0 Å². The van der Waals surface area contributed by atoms with Gasteiger partial charge in [-0.1, -0.05) is 30.3 Å². The Bertz CT molecular complexity index is 453. The zero-order valence-corrected chi connectivity index (χ0v) is 8.67. The van der Waals surface area contributed by atoms with Gasteiger partial charge in [-0.05, 0) is 17.7 Å². The lowest BCUT2D eigenvalue weighted by Crippen LogP contribution is -2.49. The van der Waals surface area contributed by atoms with Crippen LogP contribution in [0.15, 0.2) is 53.9 Å². The fourth-order valence-corrected chi connectivity index (χ4v) is 1.78. The van der Waals surface area contributed by atoms with Gasteiger partial charge in [-0.15, -0.1) is 0 Å². The average Bonchev–Trinajstić information content (AvgIpc) is 2.33. The molecular formula is C12H14N2O2. The average molecular weight is 218 g/mol. The second kappa shape index (κ2) is 3.66. The molecule has 1 aromatic carbocycles. The monoisotopic (exact) mass is 218 g/mol. The van der Waals surface area contributed by atoms with Gasteiger partial charge in [0.05, 0.1) is 11.7 Å². The molecule has 2 atom stereocenters. The topological polar surface area (TPSA) is 92.5 Å². The molecule has 0 aromatic heterocycles. The van der Waals surface area contributed by atoms with Gasteiger partial charge in [0, 0.05) is 0 Å². The summed E-state index contributed by atoms with van der Waals surface area (Å²) in [5.41, 5.74) is 10.8. The van der Waals surface area contributed by atoms with Crippen LogP contribution in [0.1, 0.15) is 5.56 Å². The molecule has 1 aliphatic rings. The molecule has 0 amide bonds. The van der Waals surface area contributed by atoms with E-state index in [2.05, 4.69) is 0 Å². The summed E-state index contributed by atoms with van der Waals surface area (Å²) in [5.74, 6) is -0.0897. The zero-order valence-electron chi connectivity index (χ0n) is 8.67. The van der Waals surface area contributed by atoms with E-state index in [4.69, 9.17) is 11.5 Å². The molecule has 0 spiro atoms. The van der Waals surface area contributed by atoms with E-state index < -0.39 is 11.6 Å². The van der Waals surface area contributed by atoms with E-state index in [1.807, 2.05) is 18.2 Å². The number of hydrogen-bond donors (Lipinski definition) is 4. The van der Waals surface area contributed by atoms with Crippen molar-refractivity contribution < 1.29 is 10.2 Å². The van der Waals surface area contributed by atoms with E-state index in [1.165, 1.54) is 12.2 Å². The molecule has 4 nitrogen and oxygen atoms in total. The minimum absolute atomic E-state index is 0.0897. The number of allylic oxidation sites excluding steroid dienone is 1. The van der Waals surface area contributed by atoms with Crippen molar-refractivity contribution in [3.63, 3.8) is 0 Å². The van der Waals surface area contributed by atoms with E-state index in [-0.39, 0.29) is 11.5 Å². The van der Waals surface area contributed by atoms with E-state index in [0.29, 0.717) is 5.56 Å². The van der Waals surface area contributed by atoms with E-state index >= 15 is 0 Å². The third-order valence-corrected chi connectivity index (χ3v) is 2.84. The Labute approximate surface area is 93.5 Å². The molecule has 6 N–H and O–H groups in total. The molecule has 0 aliphatic heterocycles. The Morgan fingerprint density at radius 1 is 1.19 bits per heavy atom. The maximum Gasteiger partial charge on any atom is 0.135 e. The quantitative estimate of drug-likeness (QED) is 0.552. The molecule has 16 heavy (non-hydrogen) atoms. The highest BCUT2D eigenvalue weighted by atomic mass is 16.3. The highest BCUT2D eigenvalue weighted by Gasteiger charge is 2.38. The lowest BCUT2D eigenvalue weighted by Gasteiger charge is -2.34. The molecule has 0 fully saturated rings. The second-order valence-corrected chi connectivity index (χ2v) is 3.84. The van der Waals surface area contributed by atoms with Gasteiger partial charge in [0.1, 0.15) is 11.4 Å². The fourth-order valence-electron chi connectivity index (χ4n) is 1.78. The summed E-state index contributed by atoms with van der Waals surface area (Å²) in [5, 5.41) is 19.9. The van der Waals surface area contributed by atoms with Gasteiger partial charge in [-0.3, -0.25) is 0 Å². The molecule has 4 heteroatoms. The standard InChI is InChI=1S/C12H14N2O2/c13-10-9(15)6-7-12(16,11(10)14)8-4-2-1-3-5-8/h1-7,11,15-16H,13-14H2. The summed E-state index contributed by atoms with van der Waals surface area (Å²) < 4.78 is 0. The van der Waals surface area contributed by atoms with Crippen LogP contribution in [0.25, 0.3) is 0 Å². The largest absolute Gasteiger partial charge is 0.506 e. The van der Waals surface area contributed by atoms with Crippen LogP contribution in [-0.2, 0) is 5.60 Å². The number of aliphatic hydroxyl groups is 2. The molecular weight excluding hydrogens is 204 g/mol. The number of hydrogen-bond acceptors (Lipinski definition) is 4. The summed E-state index contributed by atoms with van der Waals surface area (Å²) in [6, 6.07) is 8.14.